The number of ether oxygens (including phenoxy) is 1. The number of benzene rings is 3. The molecule has 0 unspecified atom stereocenters. The fraction of sp³-hybridized carbons (Fsp3) is 0.0476. The normalized spacial score (nSPS) is 11.7. The summed E-state index contributed by atoms with van der Waals surface area (Å²) in [4.78, 5) is 4.53. The third-order valence-corrected chi connectivity index (χ3v) is 7.16. The van der Waals surface area contributed by atoms with Crippen molar-refractivity contribution in [2.24, 2.45) is 10.2 Å². The number of aromatic hydroxyl groups is 1. The number of hydrogen-bond acceptors (Lipinski definition) is 11. The summed E-state index contributed by atoms with van der Waals surface area (Å²) in [6.45, 7) is 0. The predicted molar refractivity (Wildman–Crippen MR) is 144 cm³/mol. The van der Waals surface area contributed by atoms with Crippen LogP contribution in [0.1, 0.15) is 0 Å². The molecule has 3 aromatic carbocycles. The molecule has 2 radical (unpaired) electrons. The monoisotopic (exact) mass is 647 g/mol. The van der Waals surface area contributed by atoms with Crippen molar-refractivity contribution in [2.45, 2.75) is 9.79 Å². The average Bonchev–Trinajstić information content (AvgIpc) is 2.85. The molecule has 206 valence electrons. The number of hydrogen-bond donors (Lipinski definition) is 4. The van der Waals surface area contributed by atoms with Gasteiger partial charge in [0.1, 0.15) is 31.9 Å². The first kappa shape index (κ1) is 35.2. The molecule has 0 aliphatic heterocycles. The maximum absolute atomic E-state index is 13.6. The largest absolute Gasteiger partial charge is 0.505 e. The molecular formula is C21H14ClF2N5Na2O8S2. The van der Waals surface area contributed by atoms with Crippen LogP contribution in [0.2, 0.25) is 5.02 Å². The van der Waals surface area contributed by atoms with E-state index in [9.17, 15) is 39.8 Å². The molecule has 0 bridgehead atoms. The second kappa shape index (κ2) is 13.5. The van der Waals surface area contributed by atoms with Crippen LogP contribution in [0.5, 0.6) is 11.5 Å². The van der Waals surface area contributed by atoms with Gasteiger partial charge in [-0.05, 0) is 41.8 Å². The number of fused-ring (bicyclic) bond motifs is 1. The summed E-state index contributed by atoms with van der Waals surface area (Å²) in [5, 5.41) is 20.0. The first-order valence-electron chi connectivity index (χ1n) is 10.2. The van der Waals surface area contributed by atoms with Gasteiger partial charge in [-0.1, -0.05) is 11.6 Å². The van der Waals surface area contributed by atoms with Crippen LogP contribution in [0.3, 0.4) is 0 Å². The summed E-state index contributed by atoms with van der Waals surface area (Å²) in [6, 6.07) is 8.03. The SMILES string of the molecule is COc1ccc(N=Nc2c(S(=O)(=O)O)cc3cc(Nc4nc(F)nc(F)c4Cl)ccc3c2O)c(S(=O)(=O)O)c1.[Na].[Na]. The number of aromatic nitrogens is 2. The number of phenolic OH excluding ortho intramolecular Hbond substituents is 1. The molecule has 0 fully saturated rings. The van der Waals surface area contributed by atoms with Gasteiger partial charge in [0.25, 0.3) is 20.2 Å². The first-order chi connectivity index (χ1) is 18.2. The molecule has 0 saturated heterocycles. The van der Waals surface area contributed by atoms with Crippen LogP contribution in [0.4, 0.5) is 31.7 Å². The fourth-order valence-electron chi connectivity index (χ4n) is 3.35. The van der Waals surface area contributed by atoms with Crippen molar-refractivity contribution in [2.75, 3.05) is 12.4 Å². The van der Waals surface area contributed by atoms with E-state index in [0.29, 0.717) is 0 Å². The van der Waals surface area contributed by atoms with Crippen LogP contribution < -0.4 is 10.1 Å². The van der Waals surface area contributed by atoms with Gasteiger partial charge in [0, 0.05) is 76.3 Å². The van der Waals surface area contributed by atoms with E-state index in [1.165, 1.54) is 31.4 Å². The minimum Gasteiger partial charge on any atom is -0.505 e. The summed E-state index contributed by atoms with van der Waals surface area (Å²) in [7, 11) is -8.64. The van der Waals surface area contributed by atoms with Gasteiger partial charge >= 0.3 is 6.08 Å². The zero-order valence-corrected chi connectivity index (χ0v) is 27.6. The van der Waals surface area contributed by atoms with E-state index < -0.39 is 70.0 Å². The van der Waals surface area contributed by atoms with Crippen LogP contribution >= 0.6 is 11.6 Å². The second-order valence-electron chi connectivity index (χ2n) is 7.56. The van der Waals surface area contributed by atoms with Gasteiger partial charge in [0.2, 0.25) is 5.95 Å². The molecule has 4 rings (SSSR count). The molecule has 0 amide bonds. The fourth-order valence-corrected chi connectivity index (χ4v) is 4.78. The third kappa shape index (κ3) is 7.88. The number of azo groups is 1. The molecule has 4 N–H and O–H groups in total. The average molecular weight is 648 g/mol. The number of anilines is 2. The minimum atomic E-state index is -5.05. The summed E-state index contributed by atoms with van der Waals surface area (Å²) in [5.74, 6) is -2.51. The molecule has 0 spiro atoms. The molecule has 0 aliphatic carbocycles. The summed E-state index contributed by atoms with van der Waals surface area (Å²) in [6.07, 6.45) is -1.41. The summed E-state index contributed by atoms with van der Waals surface area (Å²) < 4.78 is 99.0. The van der Waals surface area contributed by atoms with Gasteiger partial charge in [0.15, 0.2) is 11.6 Å². The van der Waals surface area contributed by atoms with E-state index >= 15 is 0 Å². The Kier molecular flexibility index (Phi) is 11.6. The Morgan fingerprint density at radius 1 is 0.927 bits per heavy atom. The Bertz CT molecular complexity index is 1900. The Morgan fingerprint density at radius 2 is 1.59 bits per heavy atom. The van der Waals surface area contributed by atoms with E-state index in [0.717, 1.165) is 18.2 Å². The molecule has 1 heterocycles. The molecule has 1 aromatic heterocycles. The van der Waals surface area contributed by atoms with Gasteiger partial charge in [-0.25, -0.2) is 0 Å². The van der Waals surface area contributed by atoms with E-state index in [-0.39, 0.29) is 81.3 Å². The third-order valence-electron chi connectivity index (χ3n) is 5.08. The second-order valence-corrected chi connectivity index (χ2v) is 10.7. The molecule has 0 atom stereocenters. The maximum Gasteiger partial charge on any atom is 0.313 e. The Labute approximate surface area is 280 Å². The van der Waals surface area contributed by atoms with E-state index in [4.69, 9.17) is 16.3 Å². The summed E-state index contributed by atoms with van der Waals surface area (Å²) >= 11 is 5.74. The van der Waals surface area contributed by atoms with Gasteiger partial charge in [-0.3, -0.25) is 9.11 Å². The van der Waals surface area contributed by atoms with Crippen molar-refractivity contribution in [1.82, 2.24) is 9.97 Å². The summed E-state index contributed by atoms with van der Waals surface area (Å²) in [5.41, 5.74) is -1.11. The van der Waals surface area contributed by atoms with E-state index in [1.54, 1.807) is 0 Å². The van der Waals surface area contributed by atoms with Crippen molar-refractivity contribution < 1.29 is 44.6 Å². The molecule has 41 heavy (non-hydrogen) atoms. The standard InChI is InChI=1S/C21H14ClF2N5O8S2.2Na/c1-37-11-3-5-13(14(8-11)38(31,32)33)28-29-17-15(39(34,35)36)7-9-6-10(2-4-12(9)18(17)30)25-20-16(22)19(23)26-21(24)27-20;;/h2-8,30H,1H3,(H,25,26,27)(H,31,32,33)(H,34,35,36);;. The number of phenols is 1. The van der Waals surface area contributed by atoms with Crippen molar-refractivity contribution in [1.29, 1.82) is 0 Å². The number of nitrogens with one attached hydrogen (secondary N) is 1. The van der Waals surface area contributed by atoms with Crippen LogP contribution in [0.25, 0.3) is 10.8 Å². The van der Waals surface area contributed by atoms with E-state index in [1.807, 2.05) is 0 Å². The predicted octanol–water partition coefficient (Wildman–Crippen LogP) is 4.17. The van der Waals surface area contributed by atoms with Crippen molar-refractivity contribution in [3.8, 4) is 11.5 Å². The molecule has 20 heteroatoms. The van der Waals surface area contributed by atoms with Crippen molar-refractivity contribution in [3.05, 3.63) is 59.5 Å². The number of methoxy groups -OCH3 is 1. The zero-order chi connectivity index (χ0) is 28.7. The van der Waals surface area contributed by atoms with Gasteiger partial charge < -0.3 is 15.2 Å². The quantitative estimate of drug-likeness (QED) is 0.0737. The smallest absolute Gasteiger partial charge is 0.313 e. The molecule has 4 aromatic rings. The number of rotatable bonds is 7. The Balaban J connectivity index is 0.00000294. The van der Waals surface area contributed by atoms with Crippen molar-refractivity contribution in [3.63, 3.8) is 0 Å². The Hall–Kier alpha value is -2.03. The number of nitrogens with zero attached hydrogens (tertiary/aromatic N) is 4. The van der Waals surface area contributed by atoms with Crippen LogP contribution in [0, 0.1) is 12.0 Å². The van der Waals surface area contributed by atoms with Gasteiger partial charge in [-0.2, -0.15) is 35.6 Å². The minimum absolute atomic E-state index is 0. The van der Waals surface area contributed by atoms with Crippen LogP contribution in [-0.2, 0) is 20.2 Å². The first-order valence-corrected chi connectivity index (χ1v) is 13.4. The Morgan fingerprint density at radius 3 is 2.20 bits per heavy atom. The number of halogens is 3. The topological polar surface area (TPSA) is 201 Å². The van der Waals surface area contributed by atoms with E-state index in [2.05, 4.69) is 25.5 Å². The zero-order valence-electron chi connectivity index (χ0n) is 21.2. The van der Waals surface area contributed by atoms with Crippen molar-refractivity contribution >= 4 is 125 Å². The maximum atomic E-state index is 13.6. The van der Waals surface area contributed by atoms with Crippen LogP contribution in [-0.4, -0.2) is 107 Å². The molecule has 13 nitrogen and oxygen atoms in total. The molecular weight excluding hydrogens is 634 g/mol. The molecule has 0 saturated carbocycles. The van der Waals surface area contributed by atoms with Gasteiger partial charge in [-0.15, -0.1) is 10.2 Å². The van der Waals surface area contributed by atoms with Crippen LogP contribution in [0.15, 0.2) is 62.5 Å². The van der Waals surface area contributed by atoms with Gasteiger partial charge in [0.05, 0.1) is 7.11 Å². The molecule has 0 aliphatic rings.